The van der Waals surface area contributed by atoms with E-state index in [1.165, 1.54) is 0 Å². The highest BCUT2D eigenvalue weighted by Crippen LogP contribution is 2.31. The lowest BCUT2D eigenvalue weighted by Crippen LogP contribution is -2.31. The van der Waals surface area contributed by atoms with Gasteiger partial charge in [-0.15, -0.1) is 10.2 Å². The van der Waals surface area contributed by atoms with E-state index < -0.39 is 0 Å². The van der Waals surface area contributed by atoms with Gasteiger partial charge in [-0.05, 0) is 30.9 Å². The number of para-hydroxylation sites is 1. The number of benzene rings is 1. The molecule has 2 unspecified atom stereocenters. The van der Waals surface area contributed by atoms with Crippen LogP contribution in [0.4, 0.5) is 0 Å². The van der Waals surface area contributed by atoms with E-state index in [9.17, 15) is 0 Å². The summed E-state index contributed by atoms with van der Waals surface area (Å²) < 4.78 is 7.72. The third-order valence-corrected chi connectivity index (χ3v) is 5.70. The molecular formula is C18H20N6OS. The zero-order valence-electron chi connectivity index (χ0n) is 14.6. The van der Waals surface area contributed by atoms with E-state index in [0.29, 0.717) is 23.5 Å². The van der Waals surface area contributed by atoms with Gasteiger partial charge < -0.3 is 4.42 Å². The first-order chi connectivity index (χ1) is 12.7. The van der Waals surface area contributed by atoms with E-state index in [0.717, 1.165) is 33.8 Å². The predicted molar refractivity (Wildman–Crippen MR) is 101 cm³/mol. The summed E-state index contributed by atoms with van der Waals surface area (Å²) in [4.78, 5) is 0.782. The second kappa shape index (κ2) is 6.15. The largest absolute Gasteiger partial charge is 0.453 e. The van der Waals surface area contributed by atoms with Crippen LogP contribution >= 0.6 is 11.3 Å². The Morgan fingerprint density at radius 1 is 1.27 bits per heavy atom. The molecule has 2 atom stereocenters. The summed E-state index contributed by atoms with van der Waals surface area (Å²) >= 11 is 1.57. The van der Waals surface area contributed by atoms with Crippen molar-refractivity contribution in [2.45, 2.75) is 38.8 Å². The number of hydrogen-bond acceptors (Lipinski definition) is 7. The van der Waals surface area contributed by atoms with Crippen LogP contribution in [-0.2, 0) is 0 Å². The first-order valence-electron chi connectivity index (χ1n) is 8.89. The summed E-state index contributed by atoms with van der Waals surface area (Å²) in [6, 6.07) is 10.6. The molecule has 1 fully saturated rings. The minimum absolute atomic E-state index is 0.203. The van der Waals surface area contributed by atoms with Crippen molar-refractivity contribution < 1.29 is 4.42 Å². The Labute approximate surface area is 154 Å². The van der Waals surface area contributed by atoms with E-state index in [1.54, 1.807) is 15.9 Å². The molecular weight excluding hydrogens is 348 g/mol. The van der Waals surface area contributed by atoms with E-state index in [2.05, 4.69) is 34.9 Å². The van der Waals surface area contributed by atoms with Crippen molar-refractivity contribution in [3.05, 3.63) is 35.3 Å². The van der Waals surface area contributed by atoms with Crippen LogP contribution in [0, 0.1) is 5.92 Å². The van der Waals surface area contributed by atoms with E-state index >= 15 is 0 Å². The Balaban J connectivity index is 1.46. The van der Waals surface area contributed by atoms with E-state index in [1.807, 2.05) is 30.3 Å². The van der Waals surface area contributed by atoms with Crippen molar-refractivity contribution in [2.24, 2.45) is 5.92 Å². The molecule has 0 radical (unpaired) electrons. The summed E-state index contributed by atoms with van der Waals surface area (Å²) in [5.74, 6) is 2.00. The van der Waals surface area contributed by atoms with Crippen molar-refractivity contribution in [1.29, 1.82) is 0 Å². The maximum absolute atomic E-state index is 5.93. The van der Waals surface area contributed by atoms with Gasteiger partial charge in [0, 0.05) is 11.4 Å². The third kappa shape index (κ3) is 2.70. The molecule has 1 aliphatic rings. The SMILES string of the molecule is CC(C)CC1CC(c2nn3c(-c4cc5ccccc5o4)nnc3s2)NN1. The number of furan rings is 1. The van der Waals surface area contributed by atoms with Gasteiger partial charge in [-0.3, -0.25) is 5.43 Å². The fraction of sp³-hybridized carbons (Fsp3) is 0.389. The Bertz CT molecular complexity index is 1030. The van der Waals surface area contributed by atoms with Gasteiger partial charge in [0.1, 0.15) is 10.6 Å². The molecule has 1 aliphatic heterocycles. The van der Waals surface area contributed by atoms with Crippen molar-refractivity contribution >= 4 is 27.3 Å². The molecule has 2 N–H and O–H groups in total. The highest BCUT2D eigenvalue weighted by atomic mass is 32.1. The topological polar surface area (TPSA) is 80.3 Å². The number of hydrogen-bond donors (Lipinski definition) is 2. The maximum Gasteiger partial charge on any atom is 0.235 e. The molecule has 0 spiro atoms. The molecule has 0 aliphatic carbocycles. The maximum atomic E-state index is 5.93. The number of nitrogens with zero attached hydrogens (tertiary/aromatic N) is 4. The molecule has 1 saturated heterocycles. The van der Waals surface area contributed by atoms with Crippen LogP contribution < -0.4 is 10.9 Å². The number of aromatic nitrogens is 4. The predicted octanol–water partition coefficient (Wildman–Crippen LogP) is 3.55. The standard InChI is InChI=1S/C18H20N6OS/c1-10(2)7-12-9-13(20-19-12)17-23-24-16(21-22-18(24)26-17)15-8-11-5-3-4-6-14(11)25-15/h3-6,8,10,12-13,19-20H,7,9H2,1-2H3. The normalized spacial score (nSPS) is 20.7. The van der Waals surface area contributed by atoms with Crippen LogP contribution in [0.1, 0.15) is 37.7 Å². The van der Waals surface area contributed by atoms with Gasteiger partial charge in [-0.2, -0.15) is 9.61 Å². The number of hydrazine groups is 1. The molecule has 0 amide bonds. The molecule has 134 valence electrons. The molecule has 4 heterocycles. The number of rotatable bonds is 4. The lowest BCUT2D eigenvalue weighted by Gasteiger charge is -2.10. The van der Waals surface area contributed by atoms with Gasteiger partial charge in [-0.25, -0.2) is 5.43 Å². The second-order valence-corrected chi connectivity index (χ2v) is 8.20. The van der Waals surface area contributed by atoms with Crippen molar-refractivity contribution in [2.75, 3.05) is 0 Å². The molecule has 8 heteroatoms. The molecule has 26 heavy (non-hydrogen) atoms. The molecule has 7 nitrogen and oxygen atoms in total. The van der Waals surface area contributed by atoms with Crippen molar-refractivity contribution in [1.82, 2.24) is 30.7 Å². The average Bonchev–Trinajstić information content (AvgIpc) is 3.35. The van der Waals surface area contributed by atoms with Crippen LogP contribution in [0.2, 0.25) is 0 Å². The summed E-state index contributed by atoms with van der Waals surface area (Å²) in [5, 5.41) is 15.4. The van der Waals surface area contributed by atoms with Gasteiger partial charge in [0.2, 0.25) is 10.8 Å². The minimum Gasteiger partial charge on any atom is -0.453 e. The zero-order chi connectivity index (χ0) is 17.7. The van der Waals surface area contributed by atoms with Crippen LogP contribution in [0.3, 0.4) is 0 Å². The van der Waals surface area contributed by atoms with E-state index in [4.69, 9.17) is 9.52 Å². The Hall–Kier alpha value is -2.29. The fourth-order valence-corrected chi connectivity index (χ4v) is 4.43. The lowest BCUT2D eigenvalue weighted by atomic mass is 10.0. The summed E-state index contributed by atoms with van der Waals surface area (Å²) in [5.41, 5.74) is 7.60. The zero-order valence-corrected chi connectivity index (χ0v) is 15.5. The smallest absolute Gasteiger partial charge is 0.235 e. The van der Waals surface area contributed by atoms with Gasteiger partial charge in [0.25, 0.3) is 0 Å². The average molecular weight is 368 g/mol. The van der Waals surface area contributed by atoms with Crippen molar-refractivity contribution in [3.8, 4) is 11.6 Å². The van der Waals surface area contributed by atoms with Crippen LogP contribution in [0.15, 0.2) is 34.7 Å². The highest BCUT2D eigenvalue weighted by Gasteiger charge is 2.29. The fourth-order valence-electron chi connectivity index (χ4n) is 3.53. The lowest BCUT2D eigenvalue weighted by molar-refractivity contribution is 0.446. The van der Waals surface area contributed by atoms with Crippen LogP contribution in [-0.4, -0.2) is 25.9 Å². The minimum atomic E-state index is 0.203. The Morgan fingerprint density at radius 2 is 2.15 bits per heavy atom. The number of nitrogens with one attached hydrogen (secondary N) is 2. The molecule has 0 bridgehead atoms. The summed E-state index contributed by atoms with van der Waals surface area (Å²) in [7, 11) is 0. The Kier molecular flexibility index (Phi) is 3.77. The third-order valence-electron chi connectivity index (χ3n) is 4.69. The number of fused-ring (bicyclic) bond motifs is 2. The van der Waals surface area contributed by atoms with Gasteiger partial charge in [0.05, 0.1) is 6.04 Å². The van der Waals surface area contributed by atoms with Crippen molar-refractivity contribution in [3.63, 3.8) is 0 Å². The van der Waals surface area contributed by atoms with Crippen LogP contribution in [0.5, 0.6) is 0 Å². The van der Waals surface area contributed by atoms with Crippen LogP contribution in [0.25, 0.3) is 27.5 Å². The van der Waals surface area contributed by atoms with Gasteiger partial charge >= 0.3 is 0 Å². The quantitative estimate of drug-likeness (QED) is 0.573. The van der Waals surface area contributed by atoms with Gasteiger partial charge in [-0.1, -0.05) is 43.4 Å². The molecule has 0 saturated carbocycles. The second-order valence-electron chi connectivity index (χ2n) is 7.21. The summed E-state index contributed by atoms with van der Waals surface area (Å²) in [6.45, 7) is 4.50. The monoisotopic (exact) mass is 368 g/mol. The molecule has 4 aromatic rings. The molecule has 5 rings (SSSR count). The highest BCUT2D eigenvalue weighted by molar-refractivity contribution is 7.16. The first-order valence-corrected chi connectivity index (χ1v) is 9.71. The van der Waals surface area contributed by atoms with E-state index in [-0.39, 0.29) is 6.04 Å². The Morgan fingerprint density at radius 3 is 3.00 bits per heavy atom. The molecule has 3 aromatic heterocycles. The van der Waals surface area contributed by atoms with Gasteiger partial charge in [0.15, 0.2) is 5.76 Å². The first kappa shape index (κ1) is 15.9. The summed E-state index contributed by atoms with van der Waals surface area (Å²) in [6.07, 6.45) is 2.18. The molecule has 1 aromatic carbocycles.